The molecule has 1 rings (SSSR count). The van der Waals surface area contributed by atoms with Crippen molar-refractivity contribution >= 4 is 5.84 Å². The summed E-state index contributed by atoms with van der Waals surface area (Å²) in [5.74, 6) is 0.292. The third-order valence-electron chi connectivity index (χ3n) is 3.64. The predicted molar refractivity (Wildman–Crippen MR) is 72.9 cm³/mol. The largest absolute Gasteiger partial charge is 0.409 e. The fourth-order valence-electron chi connectivity index (χ4n) is 2.09. The SMILES string of the molecule is CC(C)(CCNCCC1CCCCO1)C(N)=NO. The van der Waals surface area contributed by atoms with Crippen LogP contribution in [0.1, 0.15) is 46.0 Å². The van der Waals surface area contributed by atoms with Crippen LogP contribution in [0.25, 0.3) is 0 Å². The van der Waals surface area contributed by atoms with E-state index >= 15 is 0 Å². The molecule has 0 saturated carbocycles. The minimum Gasteiger partial charge on any atom is -0.409 e. The number of nitrogens with zero attached hydrogens (tertiary/aromatic N) is 1. The Morgan fingerprint density at radius 2 is 2.22 bits per heavy atom. The van der Waals surface area contributed by atoms with Gasteiger partial charge in [0.15, 0.2) is 0 Å². The summed E-state index contributed by atoms with van der Waals surface area (Å²) in [6.07, 6.45) is 6.05. The van der Waals surface area contributed by atoms with Crippen LogP contribution in [-0.2, 0) is 4.74 Å². The average molecular weight is 257 g/mol. The number of rotatable bonds is 7. The third kappa shape index (κ3) is 5.23. The Kier molecular flexibility index (Phi) is 6.43. The molecule has 1 unspecified atom stereocenters. The van der Waals surface area contributed by atoms with Crippen LogP contribution in [-0.4, -0.2) is 36.8 Å². The van der Waals surface area contributed by atoms with Gasteiger partial charge >= 0.3 is 0 Å². The lowest BCUT2D eigenvalue weighted by atomic mass is 9.88. The van der Waals surface area contributed by atoms with Crippen molar-refractivity contribution < 1.29 is 9.94 Å². The van der Waals surface area contributed by atoms with Gasteiger partial charge in [0.2, 0.25) is 0 Å². The van der Waals surface area contributed by atoms with Crippen LogP contribution in [0, 0.1) is 5.41 Å². The van der Waals surface area contributed by atoms with Gasteiger partial charge in [0.1, 0.15) is 5.84 Å². The maximum Gasteiger partial charge on any atom is 0.144 e. The number of hydrogen-bond acceptors (Lipinski definition) is 4. The lowest BCUT2D eigenvalue weighted by molar-refractivity contribution is 0.0115. The Balaban J connectivity index is 2.07. The van der Waals surface area contributed by atoms with Gasteiger partial charge in [-0.2, -0.15) is 0 Å². The fourth-order valence-corrected chi connectivity index (χ4v) is 2.09. The molecule has 18 heavy (non-hydrogen) atoms. The zero-order valence-corrected chi connectivity index (χ0v) is 11.6. The van der Waals surface area contributed by atoms with E-state index in [-0.39, 0.29) is 5.41 Å². The molecule has 106 valence electrons. The molecule has 5 nitrogen and oxygen atoms in total. The van der Waals surface area contributed by atoms with E-state index in [2.05, 4.69) is 10.5 Å². The van der Waals surface area contributed by atoms with Crippen LogP contribution >= 0.6 is 0 Å². The highest BCUT2D eigenvalue weighted by Gasteiger charge is 2.22. The maximum atomic E-state index is 8.67. The van der Waals surface area contributed by atoms with Gasteiger partial charge in [0, 0.05) is 12.0 Å². The second-order valence-corrected chi connectivity index (χ2v) is 5.65. The smallest absolute Gasteiger partial charge is 0.144 e. The summed E-state index contributed by atoms with van der Waals surface area (Å²) >= 11 is 0. The minimum absolute atomic E-state index is 0.261. The van der Waals surface area contributed by atoms with Crippen molar-refractivity contribution in [2.24, 2.45) is 16.3 Å². The number of nitrogens with one attached hydrogen (secondary N) is 1. The van der Waals surface area contributed by atoms with E-state index in [0.29, 0.717) is 11.9 Å². The van der Waals surface area contributed by atoms with E-state index in [1.165, 1.54) is 19.3 Å². The van der Waals surface area contributed by atoms with Crippen LogP contribution in [0.4, 0.5) is 0 Å². The van der Waals surface area contributed by atoms with Crippen LogP contribution in [0.5, 0.6) is 0 Å². The Hall–Kier alpha value is -0.810. The highest BCUT2D eigenvalue weighted by atomic mass is 16.5. The first-order valence-electron chi connectivity index (χ1n) is 6.86. The lowest BCUT2D eigenvalue weighted by Gasteiger charge is -2.24. The van der Waals surface area contributed by atoms with E-state index in [0.717, 1.165) is 32.5 Å². The molecule has 1 heterocycles. The van der Waals surface area contributed by atoms with Crippen molar-refractivity contribution in [1.82, 2.24) is 5.32 Å². The van der Waals surface area contributed by atoms with Gasteiger partial charge in [-0.1, -0.05) is 19.0 Å². The predicted octanol–water partition coefficient (Wildman–Crippen LogP) is 1.70. The molecule has 0 bridgehead atoms. The Bertz CT molecular complexity index is 261. The number of amidine groups is 1. The summed E-state index contributed by atoms with van der Waals surface area (Å²) in [6.45, 7) is 6.72. The van der Waals surface area contributed by atoms with Gasteiger partial charge in [-0.15, -0.1) is 0 Å². The molecule has 0 aliphatic carbocycles. The summed E-state index contributed by atoms with van der Waals surface area (Å²) in [7, 11) is 0. The zero-order chi connectivity index (χ0) is 13.4. The van der Waals surface area contributed by atoms with Crippen LogP contribution in [0.3, 0.4) is 0 Å². The van der Waals surface area contributed by atoms with Crippen molar-refractivity contribution in [1.29, 1.82) is 0 Å². The number of ether oxygens (including phenoxy) is 1. The molecule has 0 radical (unpaired) electrons. The van der Waals surface area contributed by atoms with E-state index in [1.54, 1.807) is 0 Å². The molecule has 1 aliphatic rings. The van der Waals surface area contributed by atoms with Crippen molar-refractivity contribution in [2.75, 3.05) is 19.7 Å². The molecule has 1 saturated heterocycles. The second kappa shape index (κ2) is 7.59. The molecule has 0 aromatic carbocycles. The molecule has 0 aromatic rings. The van der Waals surface area contributed by atoms with Gasteiger partial charge in [-0.3, -0.25) is 0 Å². The third-order valence-corrected chi connectivity index (χ3v) is 3.64. The Morgan fingerprint density at radius 3 is 2.83 bits per heavy atom. The van der Waals surface area contributed by atoms with Crippen molar-refractivity contribution in [2.45, 2.75) is 52.1 Å². The standard InChI is InChI=1S/C13H27N3O2/c1-13(2,12(14)16-17)7-9-15-8-6-11-5-3-4-10-18-11/h11,15,17H,3-10H2,1-2H3,(H2,14,16). The second-order valence-electron chi connectivity index (χ2n) is 5.65. The normalized spacial score (nSPS) is 22.1. The first-order valence-corrected chi connectivity index (χ1v) is 6.86. The topological polar surface area (TPSA) is 79.9 Å². The lowest BCUT2D eigenvalue weighted by Crippen LogP contribution is -2.35. The van der Waals surface area contributed by atoms with E-state index in [9.17, 15) is 0 Å². The number of nitrogens with two attached hydrogens (primary N) is 1. The summed E-state index contributed by atoms with van der Waals surface area (Å²) < 4.78 is 5.67. The first-order chi connectivity index (χ1) is 8.56. The summed E-state index contributed by atoms with van der Waals surface area (Å²) in [5.41, 5.74) is 5.37. The van der Waals surface area contributed by atoms with Crippen molar-refractivity contribution in [3.05, 3.63) is 0 Å². The van der Waals surface area contributed by atoms with Gasteiger partial charge < -0.3 is 21.0 Å². The number of oxime groups is 1. The zero-order valence-electron chi connectivity index (χ0n) is 11.6. The van der Waals surface area contributed by atoms with Crippen molar-refractivity contribution in [3.8, 4) is 0 Å². The van der Waals surface area contributed by atoms with Crippen LogP contribution in [0.2, 0.25) is 0 Å². The van der Waals surface area contributed by atoms with E-state index in [4.69, 9.17) is 15.7 Å². The Morgan fingerprint density at radius 1 is 1.44 bits per heavy atom. The first kappa shape index (κ1) is 15.2. The highest BCUT2D eigenvalue weighted by Crippen LogP contribution is 2.19. The Labute approximate surface area is 110 Å². The van der Waals surface area contributed by atoms with Gasteiger partial charge in [0.05, 0.1) is 6.10 Å². The van der Waals surface area contributed by atoms with E-state index in [1.807, 2.05) is 13.8 Å². The fraction of sp³-hybridized carbons (Fsp3) is 0.923. The molecule has 5 heteroatoms. The molecule has 1 fully saturated rings. The monoisotopic (exact) mass is 257 g/mol. The molecule has 1 atom stereocenters. The molecule has 0 amide bonds. The molecular formula is C13H27N3O2. The molecule has 0 spiro atoms. The molecular weight excluding hydrogens is 230 g/mol. The van der Waals surface area contributed by atoms with E-state index < -0.39 is 0 Å². The quantitative estimate of drug-likeness (QED) is 0.213. The van der Waals surface area contributed by atoms with Crippen LogP contribution in [0.15, 0.2) is 5.16 Å². The maximum absolute atomic E-state index is 8.67. The number of hydrogen-bond donors (Lipinski definition) is 3. The highest BCUT2D eigenvalue weighted by molar-refractivity contribution is 5.85. The van der Waals surface area contributed by atoms with Gasteiger partial charge in [-0.05, 0) is 45.2 Å². The van der Waals surface area contributed by atoms with Gasteiger partial charge in [0.25, 0.3) is 0 Å². The minimum atomic E-state index is -0.261. The summed E-state index contributed by atoms with van der Waals surface area (Å²) in [6, 6.07) is 0. The van der Waals surface area contributed by atoms with Crippen molar-refractivity contribution in [3.63, 3.8) is 0 Å². The molecule has 1 aliphatic heterocycles. The molecule has 0 aromatic heterocycles. The average Bonchev–Trinajstić information content (AvgIpc) is 2.38. The summed E-state index contributed by atoms with van der Waals surface area (Å²) in [5, 5.41) is 15.1. The van der Waals surface area contributed by atoms with Gasteiger partial charge in [-0.25, -0.2) is 0 Å². The van der Waals surface area contributed by atoms with Crippen LogP contribution < -0.4 is 11.1 Å². The summed E-state index contributed by atoms with van der Waals surface area (Å²) in [4.78, 5) is 0. The molecule has 4 N–H and O–H groups in total.